The second kappa shape index (κ2) is 6.19. The zero-order chi connectivity index (χ0) is 15.7. The van der Waals surface area contributed by atoms with Crippen LogP contribution in [0.3, 0.4) is 0 Å². The molecule has 3 rings (SSSR count). The van der Waals surface area contributed by atoms with Gasteiger partial charge in [-0.05, 0) is 25.9 Å². The Morgan fingerprint density at radius 1 is 1.32 bits per heavy atom. The molecule has 2 saturated heterocycles. The smallest absolute Gasteiger partial charge is 0.178 e. The predicted molar refractivity (Wildman–Crippen MR) is 79.3 cm³/mol. The molecule has 2 aliphatic heterocycles. The summed E-state index contributed by atoms with van der Waals surface area (Å²) >= 11 is 0. The highest BCUT2D eigenvalue weighted by Crippen LogP contribution is 2.32. The summed E-state index contributed by atoms with van der Waals surface area (Å²) in [6.45, 7) is 2.58. The van der Waals surface area contributed by atoms with Crippen LogP contribution >= 0.6 is 0 Å². The number of aliphatic hydroxyl groups is 1. The molecule has 0 aliphatic carbocycles. The standard InChI is InChI=1S/C14H21N3O4S/c1-22(19,20)13-6-15-9-16-14(13)10-2-4-17(5-3-10)11-7-21-8-12(11)18/h6,9-12,18H,2-5,7-8H2,1H3/t11-,12-/m0/s1. The number of likely N-dealkylation sites (tertiary alicyclic amines) is 1. The first-order chi connectivity index (χ1) is 10.5. The molecule has 0 radical (unpaired) electrons. The average molecular weight is 327 g/mol. The molecule has 7 nitrogen and oxygen atoms in total. The number of hydrogen-bond donors (Lipinski definition) is 1. The first-order valence-electron chi connectivity index (χ1n) is 7.46. The molecule has 1 N–H and O–H groups in total. The molecule has 0 amide bonds. The summed E-state index contributed by atoms with van der Waals surface area (Å²) in [4.78, 5) is 10.5. The van der Waals surface area contributed by atoms with E-state index in [0.29, 0.717) is 18.9 Å². The van der Waals surface area contributed by atoms with Crippen molar-refractivity contribution in [2.75, 3.05) is 32.6 Å². The maximum Gasteiger partial charge on any atom is 0.178 e. The second-order valence-corrected chi connectivity index (χ2v) is 8.01. The monoisotopic (exact) mass is 327 g/mol. The minimum atomic E-state index is -3.32. The Morgan fingerprint density at radius 3 is 2.64 bits per heavy atom. The van der Waals surface area contributed by atoms with Gasteiger partial charge in [0.1, 0.15) is 11.2 Å². The van der Waals surface area contributed by atoms with Crippen molar-refractivity contribution in [3.05, 3.63) is 18.2 Å². The van der Waals surface area contributed by atoms with Crippen molar-refractivity contribution in [2.24, 2.45) is 0 Å². The lowest BCUT2D eigenvalue weighted by atomic mass is 9.92. The highest BCUT2D eigenvalue weighted by atomic mass is 32.2. The van der Waals surface area contributed by atoms with Crippen molar-refractivity contribution >= 4 is 9.84 Å². The first kappa shape index (κ1) is 15.8. The molecular formula is C14H21N3O4S. The Kier molecular flexibility index (Phi) is 4.44. The van der Waals surface area contributed by atoms with Gasteiger partial charge in [0, 0.05) is 18.4 Å². The number of sulfone groups is 1. The molecule has 2 aliphatic rings. The number of nitrogens with zero attached hydrogens (tertiary/aromatic N) is 3. The number of piperidine rings is 1. The fourth-order valence-electron chi connectivity index (χ4n) is 3.30. The maximum atomic E-state index is 11.9. The average Bonchev–Trinajstić information content (AvgIpc) is 2.93. The van der Waals surface area contributed by atoms with Gasteiger partial charge in [-0.3, -0.25) is 4.90 Å². The zero-order valence-corrected chi connectivity index (χ0v) is 13.4. The third-order valence-electron chi connectivity index (χ3n) is 4.51. The maximum absolute atomic E-state index is 11.9. The summed E-state index contributed by atoms with van der Waals surface area (Å²) in [5.74, 6) is 0.114. The minimum Gasteiger partial charge on any atom is -0.389 e. The number of hydrogen-bond acceptors (Lipinski definition) is 7. The van der Waals surface area contributed by atoms with E-state index >= 15 is 0 Å². The molecule has 8 heteroatoms. The highest BCUT2D eigenvalue weighted by molar-refractivity contribution is 7.90. The topological polar surface area (TPSA) is 92.6 Å². The molecule has 0 bridgehead atoms. The van der Waals surface area contributed by atoms with Crippen LogP contribution in [0.4, 0.5) is 0 Å². The normalized spacial score (nSPS) is 28.1. The third-order valence-corrected chi connectivity index (χ3v) is 5.63. The molecule has 0 spiro atoms. The fraction of sp³-hybridized carbons (Fsp3) is 0.714. The number of ether oxygens (including phenoxy) is 1. The summed E-state index contributed by atoms with van der Waals surface area (Å²) in [6.07, 6.45) is 5.20. The molecule has 2 atom stereocenters. The van der Waals surface area contributed by atoms with E-state index in [1.165, 1.54) is 18.8 Å². The summed E-state index contributed by atoms with van der Waals surface area (Å²) < 4.78 is 29.1. The van der Waals surface area contributed by atoms with Gasteiger partial charge in [0.15, 0.2) is 9.84 Å². The molecule has 1 aromatic rings. The van der Waals surface area contributed by atoms with Gasteiger partial charge in [0.25, 0.3) is 0 Å². The van der Waals surface area contributed by atoms with Gasteiger partial charge in [0.05, 0.1) is 31.1 Å². The van der Waals surface area contributed by atoms with Gasteiger partial charge >= 0.3 is 0 Å². The van der Waals surface area contributed by atoms with Crippen molar-refractivity contribution in [1.82, 2.24) is 14.9 Å². The van der Waals surface area contributed by atoms with Crippen molar-refractivity contribution in [2.45, 2.75) is 35.8 Å². The van der Waals surface area contributed by atoms with E-state index in [2.05, 4.69) is 14.9 Å². The Bertz CT molecular complexity index is 629. The van der Waals surface area contributed by atoms with Crippen molar-refractivity contribution < 1.29 is 18.3 Å². The predicted octanol–water partition coefficient (Wildman–Crippen LogP) is -0.181. The van der Waals surface area contributed by atoms with Crippen LogP contribution in [0.15, 0.2) is 17.4 Å². The summed E-state index contributed by atoms with van der Waals surface area (Å²) in [7, 11) is -3.32. The Balaban J connectivity index is 1.72. The van der Waals surface area contributed by atoms with Gasteiger partial charge in [-0.25, -0.2) is 18.4 Å². The van der Waals surface area contributed by atoms with Crippen LogP contribution < -0.4 is 0 Å². The van der Waals surface area contributed by atoms with E-state index in [1.54, 1.807) is 0 Å². The lowest BCUT2D eigenvalue weighted by Gasteiger charge is -2.36. The fourth-order valence-corrected chi connectivity index (χ4v) is 4.16. The molecule has 22 heavy (non-hydrogen) atoms. The van der Waals surface area contributed by atoms with Crippen LogP contribution in [-0.4, -0.2) is 73.1 Å². The van der Waals surface area contributed by atoms with Gasteiger partial charge < -0.3 is 9.84 Å². The molecule has 122 valence electrons. The van der Waals surface area contributed by atoms with Crippen LogP contribution in [0, 0.1) is 0 Å². The van der Waals surface area contributed by atoms with Crippen molar-refractivity contribution in [1.29, 1.82) is 0 Å². The van der Waals surface area contributed by atoms with E-state index in [1.807, 2.05) is 0 Å². The van der Waals surface area contributed by atoms with Crippen molar-refractivity contribution in [3.63, 3.8) is 0 Å². The lowest BCUT2D eigenvalue weighted by Crippen LogP contribution is -2.46. The molecule has 0 unspecified atom stereocenters. The molecule has 3 heterocycles. The van der Waals surface area contributed by atoms with Crippen LogP contribution in [0.1, 0.15) is 24.5 Å². The number of aliphatic hydroxyl groups excluding tert-OH is 1. The molecular weight excluding hydrogens is 306 g/mol. The van der Waals surface area contributed by atoms with Crippen LogP contribution in [0.2, 0.25) is 0 Å². The highest BCUT2D eigenvalue weighted by Gasteiger charge is 2.35. The summed E-state index contributed by atoms with van der Waals surface area (Å²) in [5, 5.41) is 9.91. The molecule has 0 aromatic carbocycles. The first-order valence-corrected chi connectivity index (χ1v) is 9.36. The quantitative estimate of drug-likeness (QED) is 0.823. The Labute approximate surface area is 130 Å². The van der Waals surface area contributed by atoms with E-state index in [4.69, 9.17) is 4.74 Å². The van der Waals surface area contributed by atoms with E-state index < -0.39 is 15.9 Å². The summed E-state index contributed by atoms with van der Waals surface area (Å²) in [6, 6.07) is 0.0562. The van der Waals surface area contributed by atoms with E-state index in [0.717, 1.165) is 25.9 Å². The lowest BCUT2D eigenvalue weighted by molar-refractivity contribution is 0.0658. The van der Waals surface area contributed by atoms with Gasteiger partial charge in [-0.1, -0.05) is 0 Å². The Hall–Kier alpha value is -1.09. The minimum absolute atomic E-state index is 0.0562. The van der Waals surface area contributed by atoms with Gasteiger partial charge in [-0.2, -0.15) is 0 Å². The van der Waals surface area contributed by atoms with Crippen molar-refractivity contribution in [3.8, 4) is 0 Å². The Morgan fingerprint density at radius 2 is 2.05 bits per heavy atom. The number of aromatic nitrogens is 2. The number of rotatable bonds is 3. The summed E-state index contributed by atoms with van der Waals surface area (Å²) in [5.41, 5.74) is 0.625. The van der Waals surface area contributed by atoms with Gasteiger partial charge in [-0.15, -0.1) is 0 Å². The van der Waals surface area contributed by atoms with E-state index in [-0.39, 0.29) is 16.9 Å². The van der Waals surface area contributed by atoms with Gasteiger partial charge in [0.2, 0.25) is 0 Å². The molecule has 1 aromatic heterocycles. The third kappa shape index (κ3) is 3.15. The SMILES string of the molecule is CS(=O)(=O)c1cncnc1C1CCN([C@H]2COC[C@@H]2O)CC1. The molecule has 0 saturated carbocycles. The molecule has 2 fully saturated rings. The van der Waals surface area contributed by atoms with E-state index in [9.17, 15) is 13.5 Å². The zero-order valence-electron chi connectivity index (χ0n) is 12.6. The van der Waals surface area contributed by atoms with Crippen LogP contribution in [-0.2, 0) is 14.6 Å². The largest absolute Gasteiger partial charge is 0.389 e. The second-order valence-electron chi connectivity index (χ2n) is 6.03. The van der Waals surface area contributed by atoms with Crippen LogP contribution in [0.5, 0.6) is 0 Å². The van der Waals surface area contributed by atoms with Crippen LogP contribution in [0.25, 0.3) is 0 Å².